The van der Waals surface area contributed by atoms with Gasteiger partial charge in [0.1, 0.15) is 6.07 Å². The number of benzene rings is 1. The fourth-order valence-electron chi connectivity index (χ4n) is 1.73. The van der Waals surface area contributed by atoms with Crippen molar-refractivity contribution in [2.75, 3.05) is 0 Å². The molecule has 0 aliphatic heterocycles. The third kappa shape index (κ3) is 2.15. The van der Waals surface area contributed by atoms with E-state index in [1.54, 1.807) is 6.07 Å². The predicted molar refractivity (Wildman–Crippen MR) is 71.3 cm³/mol. The zero-order valence-corrected chi connectivity index (χ0v) is 10.6. The van der Waals surface area contributed by atoms with Crippen molar-refractivity contribution in [1.29, 1.82) is 5.26 Å². The number of hydrogen-bond acceptors (Lipinski definition) is 2. The summed E-state index contributed by atoms with van der Waals surface area (Å²) in [5, 5.41) is 9.03. The normalized spacial score (nSPS) is 10.2. The highest BCUT2D eigenvalue weighted by Gasteiger charge is 2.06. The molecule has 1 aromatic carbocycles. The number of fused-ring (bicyclic) bond motifs is 1. The van der Waals surface area contributed by atoms with E-state index in [0.29, 0.717) is 10.3 Å². The van der Waals surface area contributed by atoms with Crippen LogP contribution in [0.5, 0.6) is 0 Å². The minimum Gasteiger partial charge on any atom is -0.329 e. The van der Waals surface area contributed by atoms with Gasteiger partial charge >= 0.3 is 0 Å². The number of aromatic nitrogens is 2. The standard InChI is InChI=1S/C13H13N3S/c1-9(2)6-7-16-11-5-3-4-10(8-14)12(11)15-13(16)17/h3-6H,7H2,1-2H3,(H,15,17). The number of nitriles is 1. The first-order valence-corrected chi connectivity index (χ1v) is 5.79. The van der Waals surface area contributed by atoms with E-state index >= 15 is 0 Å². The SMILES string of the molecule is CC(C)=CCn1c(=S)[nH]c2c(C#N)cccc21. The summed E-state index contributed by atoms with van der Waals surface area (Å²) in [6.45, 7) is 4.84. The van der Waals surface area contributed by atoms with Crippen LogP contribution in [0.2, 0.25) is 0 Å². The second kappa shape index (κ2) is 4.56. The van der Waals surface area contributed by atoms with E-state index in [-0.39, 0.29) is 0 Å². The molecule has 0 saturated heterocycles. The Morgan fingerprint density at radius 2 is 2.29 bits per heavy atom. The van der Waals surface area contributed by atoms with Gasteiger partial charge in [0.25, 0.3) is 0 Å². The topological polar surface area (TPSA) is 44.5 Å². The molecule has 1 N–H and O–H groups in total. The van der Waals surface area contributed by atoms with Gasteiger partial charge < -0.3 is 9.55 Å². The molecule has 0 aliphatic carbocycles. The first-order valence-electron chi connectivity index (χ1n) is 5.38. The van der Waals surface area contributed by atoms with E-state index in [9.17, 15) is 0 Å². The molecule has 0 spiro atoms. The molecule has 86 valence electrons. The second-order valence-corrected chi connectivity index (χ2v) is 4.52. The molecule has 2 rings (SSSR count). The van der Waals surface area contributed by atoms with Crippen molar-refractivity contribution in [3.63, 3.8) is 0 Å². The van der Waals surface area contributed by atoms with Gasteiger partial charge in [-0.05, 0) is 38.2 Å². The van der Waals surface area contributed by atoms with Gasteiger partial charge in [0.05, 0.1) is 16.6 Å². The summed E-state index contributed by atoms with van der Waals surface area (Å²) in [6, 6.07) is 7.81. The maximum atomic E-state index is 9.03. The molecule has 4 heteroatoms. The Morgan fingerprint density at radius 3 is 2.94 bits per heavy atom. The Labute approximate surface area is 105 Å². The molecule has 2 aromatic rings. The number of imidazole rings is 1. The van der Waals surface area contributed by atoms with Crippen LogP contribution in [-0.2, 0) is 6.54 Å². The average molecular weight is 243 g/mol. The van der Waals surface area contributed by atoms with Crippen molar-refractivity contribution in [2.24, 2.45) is 0 Å². The van der Waals surface area contributed by atoms with E-state index < -0.39 is 0 Å². The van der Waals surface area contributed by atoms with Crippen molar-refractivity contribution in [2.45, 2.75) is 20.4 Å². The Hall–Kier alpha value is -1.86. The molecule has 1 heterocycles. The van der Waals surface area contributed by atoms with Gasteiger partial charge in [0.2, 0.25) is 0 Å². The van der Waals surface area contributed by atoms with Gasteiger partial charge in [-0.15, -0.1) is 0 Å². The Balaban J connectivity index is 2.65. The van der Waals surface area contributed by atoms with Gasteiger partial charge in [-0.1, -0.05) is 17.7 Å². The zero-order chi connectivity index (χ0) is 12.4. The molecular formula is C13H13N3S. The lowest BCUT2D eigenvalue weighted by molar-refractivity contribution is 0.828. The molecule has 17 heavy (non-hydrogen) atoms. The van der Waals surface area contributed by atoms with Crippen molar-refractivity contribution >= 4 is 23.3 Å². The molecule has 0 radical (unpaired) electrons. The van der Waals surface area contributed by atoms with Crippen molar-refractivity contribution < 1.29 is 0 Å². The van der Waals surface area contributed by atoms with Gasteiger partial charge in [0, 0.05) is 6.54 Å². The largest absolute Gasteiger partial charge is 0.329 e. The highest BCUT2D eigenvalue weighted by molar-refractivity contribution is 7.71. The van der Waals surface area contributed by atoms with Crippen molar-refractivity contribution in [3.8, 4) is 6.07 Å². The quantitative estimate of drug-likeness (QED) is 0.647. The summed E-state index contributed by atoms with van der Waals surface area (Å²) in [6.07, 6.45) is 2.11. The highest BCUT2D eigenvalue weighted by atomic mass is 32.1. The van der Waals surface area contributed by atoms with E-state index in [1.165, 1.54) is 5.57 Å². The molecule has 0 amide bonds. The van der Waals surface area contributed by atoms with Crippen molar-refractivity contribution in [1.82, 2.24) is 9.55 Å². The van der Waals surface area contributed by atoms with Crippen LogP contribution in [0.1, 0.15) is 19.4 Å². The van der Waals surface area contributed by atoms with E-state index in [4.69, 9.17) is 17.5 Å². The van der Waals surface area contributed by atoms with Crippen LogP contribution in [0, 0.1) is 16.1 Å². The lowest BCUT2D eigenvalue weighted by atomic mass is 10.2. The molecule has 0 unspecified atom stereocenters. The van der Waals surface area contributed by atoms with Gasteiger partial charge in [0.15, 0.2) is 4.77 Å². The number of para-hydroxylation sites is 1. The molecule has 0 saturated carbocycles. The van der Waals surface area contributed by atoms with Crippen LogP contribution in [0.15, 0.2) is 29.8 Å². The van der Waals surface area contributed by atoms with Crippen molar-refractivity contribution in [3.05, 3.63) is 40.2 Å². The van der Waals surface area contributed by atoms with E-state index in [2.05, 4.69) is 31.0 Å². The van der Waals surface area contributed by atoms with E-state index in [0.717, 1.165) is 17.6 Å². The second-order valence-electron chi connectivity index (χ2n) is 4.13. The van der Waals surface area contributed by atoms with E-state index in [1.807, 2.05) is 16.7 Å². The lowest BCUT2D eigenvalue weighted by Gasteiger charge is -2.00. The van der Waals surface area contributed by atoms with Gasteiger partial charge in [-0.25, -0.2) is 0 Å². The number of rotatable bonds is 2. The monoisotopic (exact) mass is 243 g/mol. The Bertz CT molecular complexity index is 679. The molecule has 1 aromatic heterocycles. The number of aromatic amines is 1. The van der Waals surface area contributed by atoms with Crippen LogP contribution in [0.4, 0.5) is 0 Å². The number of H-pyrrole nitrogens is 1. The number of nitrogens with one attached hydrogen (secondary N) is 1. The zero-order valence-electron chi connectivity index (χ0n) is 9.82. The molecule has 0 bridgehead atoms. The Morgan fingerprint density at radius 1 is 1.53 bits per heavy atom. The minimum absolute atomic E-state index is 0.629. The van der Waals surface area contributed by atoms with Crippen LogP contribution in [-0.4, -0.2) is 9.55 Å². The number of hydrogen-bond donors (Lipinski definition) is 1. The van der Waals surface area contributed by atoms with Crippen LogP contribution >= 0.6 is 12.2 Å². The summed E-state index contributed by atoms with van der Waals surface area (Å²) < 4.78 is 2.65. The maximum absolute atomic E-state index is 9.03. The minimum atomic E-state index is 0.629. The summed E-state index contributed by atoms with van der Waals surface area (Å²) in [4.78, 5) is 3.10. The van der Waals surface area contributed by atoms with Gasteiger partial charge in [-0.3, -0.25) is 0 Å². The summed E-state index contributed by atoms with van der Waals surface area (Å²) >= 11 is 5.28. The third-order valence-corrected chi connectivity index (χ3v) is 2.94. The van der Waals surface area contributed by atoms with Gasteiger partial charge in [-0.2, -0.15) is 5.26 Å². The highest BCUT2D eigenvalue weighted by Crippen LogP contribution is 2.18. The number of allylic oxidation sites excluding steroid dienone is 2. The summed E-state index contributed by atoms with van der Waals surface area (Å²) in [5.74, 6) is 0. The first-order chi connectivity index (χ1) is 8.13. The molecule has 0 atom stereocenters. The van der Waals surface area contributed by atoms with Crippen LogP contribution < -0.4 is 0 Å². The predicted octanol–water partition coefficient (Wildman–Crippen LogP) is 3.54. The van der Waals surface area contributed by atoms with Crippen LogP contribution in [0.3, 0.4) is 0 Å². The molecule has 0 fully saturated rings. The molecule has 0 aliphatic rings. The third-order valence-electron chi connectivity index (χ3n) is 2.61. The lowest BCUT2D eigenvalue weighted by Crippen LogP contribution is -1.95. The molecular weight excluding hydrogens is 230 g/mol. The average Bonchev–Trinajstić information content (AvgIpc) is 2.62. The Kier molecular flexibility index (Phi) is 3.12. The summed E-state index contributed by atoms with van der Waals surface area (Å²) in [7, 11) is 0. The maximum Gasteiger partial charge on any atom is 0.178 e. The number of nitrogens with zero attached hydrogens (tertiary/aromatic N) is 2. The van der Waals surface area contributed by atoms with Crippen LogP contribution in [0.25, 0.3) is 11.0 Å². The first kappa shape index (κ1) is 11.6. The smallest absolute Gasteiger partial charge is 0.178 e. The summed E-state index contributed by atoms with van der Waals surface area (Å²) in [5.41, 5.74) is 3.68. The fraction of sp³-hybridized carbons (Fsp3) is 0.231. The molecule has 3 nitrogen and oxygen atoms in total. The fourth-order valence-corrected chi connectivity index (χ4v) is 2.00.